The van der Waals surface area contributed by atoms with Gasteiger partial charge in [0, 0.05) is 50.5 Å². The van der Waals surface area contributed by atoms with Gasteiger partial charge in [-0.05, 0) is 36.4 Å². The number of nitrogens with zero attached hydrogens (tertiary/aromatic N) is 4. The molecule has 0 saturated carbocycles. The first-order chi connectivity index (χ1) is 12.0. The van der Waals surface area contributed by atoms with Gasteiger partial charge in [0.05, 0.1) is 0 Å². The summed E-state index contributed by atoms with van der Waals surface area (Å²) in [6, 6.07) is 5.76. The zero-order valence-electron chi connectivity index (χ0n) is 14.5. The molecule has 1 saturated heterocycles. The van der Waals surface area contributed by atoms with Gasteiger partial charge in [0.1, 0.15) is 5.54 Å². The van der Waals surface area contributed by atoms with Gasteiger partial charge in [-0.15, -0.1) is 11.3 Å². The van der Waals surface area contributed by atoms with Crippen LogP contribution in [0.2, 0.25) is 0 Å². The molecule has 0 N–H and O–H groups in total. The number of thiophene rings is 1. The highest BCUT2D eigenvalue weighted by atomic mass is 32.1. The lowest BCUT2D eigenvalue weighted by Crippen LogP contribution is -2.55. The van der Waals surface area contributed by atoms with Crippen molar-refractivity contribution in [2.45, 2.75) is 18.4 Å². The van der Waals surface area contributed by atoms with Crippen molar-refractivity contribution in [2.75, 3.05) is 27.2 Å². The van der Waals surface area contributed by atoms with E-state index in [1.165, 1.54) is 0 Å². The first-order valence-corrected chi connectivity index (χ1v) is 9.13. The first-order valence-electron chi connectivity index (χ1n) is 8.25. The summed E-state index contributed by atoms with van der Waals surface area (Å²) in [4.78, 5) is 29.7. The Morgan fingerprint density at radius 2 is 2.04 bits per heavy atom. The van der Waals surface area contributed by atoms with Crippen LogP contribution in [-0.2, 0) is 15.1 Å². The van der Waals surface area contributed by atoms with Crippen LogP contribution < -0.4 is 0 Å². The van der Waals surface area contributed by atoms with Gasteiger partial charge in [-0.1, -0.05) is 6.07 Å². The fourth-order valence-corrected chi connectivity index (χ4v) is 3.84. The molecule has 2 aromatic rings. The summed E-state index contributed by atoms with van der Waals surface area (Å²) in [5, 5.41) is 6.29. The minimum atomic E-state index is -0.707. The first kappa shape index (κ1) is 17.4. The summed E-state index contributed by atoms with van der Waals surface area (Å²) in [5.74, 6) is 0.0113. The van der Waals surface area contributed by atoms with Crippen LogP contribution in [0, 0.1) is 0 Å². The number of hydrogen-bond donors (Lipinski definition) is 0. The van der Waals surface area contributed by atoms with E-state index in [1.807, 2.05) is 35.9 Å². The third-order valence-electron chi connectivity index (χ3n) is 4.58. The molecule has 0 spiro atoms. The SMILES string of the molecule is CN(C)C(=O)C1(n2cccn2)CCN(C(=O)/C=C/c2cccs2)CC1. The number of likely N-dealkylation sites (N-methyl/N-ethyl adjacent to an activating group) is 1. The Morgan fingerprint density at radius 1 is 1.28 bits per heavy atom. The van der Waals surface area contributed by atoms with Gasteiger partial charge in [0.2, 0.25) is 11.8 Å². The summed E-state index contributed by atoms with van der Waals surface area (Å²) in [7, 11) is 3.52. The molecule has 7 heteroatoms. The summed E-state index contributed by atoms with van der Waals surface area (Å²) >= 11 is 1.60. The highest BCUT2D eigenvalue weighted by Gasteiger charge is 2.45. The lowest BCUT2D eigenvalue weighted by Gasteiger charge is -2.41. The van der Waals surface area contributed by atoms with E-state index >= 15 is 0 Å². The molecule has 1 fully saturated rings. The van der Waals surface area contributed by atoms with Crippen molar-refractivity contribution in [3.8, 4) is 0 Å². The van der Waals surface area contributed by atoms with Gasteiger partial charge >= 0.3 is 0 Å². The standard InChI is InChI=1S/C18H22N4O2S/c1-20(2)17(24)18(22-11-4-10-19-22)8-12-21(13-9-18)16(23)7-6-15-5-3-14-25-15/h3-7,10-11,14H,8-9,12-13H2,1-2H3/b7-6+. The Hall–Kier alpha value is -2.41. The molecule has 1 aliphatic heterocycles. The van der Waals surface area contributed by atoms with Crippen molar-refractivity contribution < 1.29 is 9.59 Å². The molecule has 0 aliphatic carbocycles. The normalized spacial score (nSPS) is 17.0. The topological polar surface area (TPSA) is 58.4 Å². The number of rotatable bonds is 4. The van der Waals surface area contributed by atoms with Gasteiger partial charge in [-0.3, -0.25) is 14.3 Å². The maximum Gasteiger partial charge on any atom is 0.250 e. The van der Waals surface area contributed by atoms with E-state index < -0.39 is 5.54 Å². The molecular formula is C18H22N4O2S. The van der Waals surface area contributed by atoms with Gasteiger partial charge in [0.25, 0.3) is 0 Å². The Kier molecular flexibility index (Phi) is 5.03. The average molecular weight is 358 g/mol. The molecule has 132 valence electrons. The van der Waals surface area contributed by atoms with Crippen molar-refractivity contribution in [1.29, 1.82) is 0 Å². The molecule has 3 heterocycles. The Balaban J connectivity index is 1.72. The minimum Gasteiger partial charge on any atom is -0.347 e. The largest absolute Gasteiger partial charge is 0.347 e. The second-order valence-corrected chi connectivity index (χ2v) is 7.34. The zero-order chi connectivity index (χ0) is 17.9. The fraction of sp³-hybridized carbons (Fsp3) is 0.389. The summed E-state index contributed by atoms with van der Waals surface area (Å²) in [5.41, 5.74) is -0.707. The van der Waals surface area contributed by atoms with Gasteiger partial charge in [0.15, 0.2) is 0 Å². The van der Waals surface area contributed by atoms with Crippen molar-refractivity contribution in [1.82, 2.24) is 19.6 Å². The van der Waals surface area contributed by atoms with Crippen LogP contribution in [0.5, 0.6) is 0 Å². The molecule has 25 heavy (non-hydrogen) atoms. The van der Waals surface area contributed by atoms with E-state index in [0.29, 0.717) is 25.9 Å². The van der Waals surface area contributed by atoms with Gasteiger partial charge < -0.3 is 9.80 Å². The van der Waals surface area contributed by atoms with Crippen LogP contribution in [-0.4, -0.2) is 58.6 Å². The highest BCUT2D eigenvalue weighted by molar-refractivity contribution is 7.10. The maximum absolute atomic E-state index is 12.8. The summed E-state index contributed by atoms with van der Waals surface area (Å²) < 4.78 is 1.75. The van der Waals surface area contributed by atoms with Gasteiger partial charge in [-0.2, -0.15) is 5.10 Å². The molecule has 2 aromatic heterocycles. The predicted octanol–water partition coefficient (Wildman–Crippen LogP) is 2.06. The van der Waals surface area contributed by atoms with Crippen molar-refractivity contribution in [3.05, 3.63) is 46.9 Å². The number of likely N-dealkylation sites (tertiary alicyclic amines) is 1. The zero-order valence-corrected chi connectivity index (χ0v) is 15.3. The Morgan fingerprint density at radius 3 is 2.60 bits per heavy atom. The van der Waals surface area contributed by atoms with Crippen LogP contribution >= 0.6 is 11.3 Å². The van der Waals surface area contributed by atoms with E-state index in [2.05, 4.69) is 5.10 Å². The number of carbonyl (C=O) groups excluding carboxylic acids is 2. The number of hydrogen-bond acceptors (Lipinski definition) is 4. The van der Waals surface area contributed by atoms with E-state index in [0.717, 1.165) is 4.88 Å². The van der Waals surface area contributed by atoms with Crippen LogP contribution in [0.1, 0.15) is 17.7 Å². The maximum atomic E-state index is 12.8. The predicted molar refractivity (Wildman–Crippen MR) is 98.1 cm³/mol. The fourth-order valence-electron chi connectivity index (χ4n) is 3.22. The van der Waals surface area contributed by atoms with Gasteiger partial charge in [-0.25, -0.2) is 0 Å². The molecule has 0 aromatic carbocycles. The molecule has 0 atom stereocenters. The van der Waals surface area contributed by atoms with E-state index in [-0.39, 0.29) is 11.8 Å². The number of piperidine rings is 1. The molecule has 6 nitrogen and oxygen atoms in total. The molecule has 0 radical (unpaired) electrons. The average Bonchev–Trinajstić information content (AvgIpc) is 3.32. The summed E-state index contributed by atoms with van der Waals surface area (Å²) in [6.07, 6.45) is 8.09. The smallest absolute Gasteiger partial charge is 0.250 e. The van der Waals surface area contributed by atoms with Crippen molar-refractivity contribution in [2.24, 2.45) is 0 Å². The minimum absolute atomic E-state index is 0.0141. The quantitative estimate of drug-likeness (QED) is 0.786. The van der Waals surface area contributed by atoms with E-state index in [1.54, 1.807) is 52.2 Å². The molecular weight excluding hydrogens is 336 g/mol. The third kappa shape index (κ3) is 3.51. The summed E-state index contributed by atoms with van der Waals surface area (Å²) in [6.45, 7) is 1.07. The lowest BCUT2D eigenvalue weighted by atomic mass is 9.86. The Bertz CT molecular complexity index is 742. The second-order valence-electron chi connectivity index (χ2n) is 6.36. The monoisotopic (exact) mass is 358 g/mol. The third-order valence-corrected chi connectivity index (χ3v) is 5.42. The van der Waals surface area contributed by atoms with E-state index in [9.17, 15) is 9.59 Å². The second kappa shape index (κ2) is 7.23. The van der Waals surface area contributed by atoms with Crippen LogP contribution in [0.25, 0.3) is 6.08 Å². The number of aromatic nitrogens is 2. The lowest BCUT2D eigenvalue weighted by molar-refractivity contribution is -0.144. The van der Waals surface area contributed by atoms with Crippen LogP contribution in [0.4, 0.5) is 0 Å². The van der Waals surface area contributed by atoms with Crippen LogP contribution in [0.15, 0.2) is 42.0 Å². The number of amides is 2. The number of carbonyl (C=O) groups is 2. The van der Waals surface area contributed by atoms with Crippen LogP contribution in [0.3, 0.4) is 0 Å². The van der Waals surface area contributed by atoms with Crippen molar-refractivity contribution >= 4 is 29.2 Å². The molecule has 1 aliphatic rings. The molecule has 3 rings (SSSR count). The molecule has 0 unspecified atom stereocenters. The highest BCUT2D eigenvalue weighted by Crippen LogP contribution is 2.31. The Labute approximate surface area is 151 Å². The molecule has 2 amide bonds. The van der Waals surface area contributed by atoms with Crippen molar-refractivity contribution in [3.63, 3.8) is 0 Å². The molecule has 0 bridgehead atoms. The van der Waals surface area contributed by atoms with E-state index in [4.69, 9.17) is 0 Å².